The van der Waals surface area contributed by atoms with Crippen molar-refractivity contribution < 1.29 is 18.7 Å². The number of ether oxygens (including phenoxy) is 1. The third kappa shape index (κ3) is 5.64. The highest BCUT2D eigenvalue weighted by Gasteiger charge is 2.43. The maximum atomic E-state index is 13.1. The van der Waals surface area contributed by atoms with Crippen LogP contribution in [-0.2, 0) is 22.8 Å². The summed E-state index contributed by atoms with van der Waals surface area (Å²) in [6.07, 6.45) is 4.03. The van der Waals surface area contributed by atoms with E-state index >= 15 is 0 Å². The molecule has 6 nitrogen and oxygen atoms in total. The van der Waals surface area contributed by atoms with Gasteiger partial charge in [0, 0.05) is 31.9 Å². The zero-order chi connectivity index (χ0) is 23.1. The minimum Gasteiger partial charge on any atom is -0.459 e. The van der Waals surface area contributed by atoms with Gasteiger partial charge in [0.15, 0.2) is 0 Å². The predicted molar refractivity (Wildman–Crippen MR) is 126 cm³/mol. The van der Waals surface area contributed by atoms with Crippen molar-refractivity contribution in [1.29, 1.82) is 0 Å². The molecule has 0 unspecified atom stereocenters. The molecule has 33 heavy (non-hydrogen) atoms. The Balaban J connectivity index is 1.36. The Labute approximate surface area is 194 Å². The van der Waals surface area contributed by atoms with Gasteiger partial charge in [-0.25, -0.2) is 14.0 Å². The van der Waals surface area contributed by atoms with E-state index in [2.05, 4.69) is 10.2 Å². The van der Waals surface area contributed by atoms with Crippen LogP contribution in [0, 0.1) is 0 Å². The first-order valence-electron chi connectivity index (χ1n) is 11.8. The van der Waals surface area contributed by atoms with E-state index in [-0.39, 0.29) is 18.6 Å². The first kappa shape index (κ1) is 23.1. The molecular formula is C26H32FN3O3. The van der Waals surface area contributed by atoms with Gasteiger partial charge >= 0.3 is 12.0 Å². The molecule has 4 rings (SSSR count). The van der Waals surface area contributed by atoms with Crippen LogP contribution in [0.3, 0.4) is 0 Å². The number of urea groups is 1. The van der Waals surface area contributed by atoms with E-state index in [1.807, 2.05) is 48.5 Å². The number of hydrogen-bond acceptors (Lipinski definition) is 4. The third-order valence-electron chi connectivity index (χ3n) is 6.65. The van der Waals surface area contributed by atoms with Crippen LogP contribution in [0.25, 0.3) is 0 Å². The summed E-state index contributed by atoms with van der Waals surface area (Å²) in [6.45, 7) is 2.12. The smallest absolute Gasteiger partial charge is 0.332 e. The maximum Gasteiger partial charge on any atom is 0.332 e. The molecule has 0 aromatic heterocycles. The minimum absolute atomic E-state index is 0.202. The number of nitrogens with zero attached hydrogens (tertiary/aromatic N) is 2. The molecule has 2 aromatic rings. The summed E-state index contributed by atoms with van der Waals surface area (Å²) in [6, 6.07) is 16.8. The van der Waals surface area contributed by atoms with Crippen molar-refractivity contribution in [3.05, 3.63) is 65.7 Å². The average Bonchev–Trinajstić information content (AvgIpc) is 2.88. The standard InChI is InChI=1S/C26H32FN3O3/c27-19-22-10-7-11-23(18-22)29-14-16-30(17-15-29)25(32)28-26(12-5-2-6-13-26)24(31)33-20-21-8-3-1-4-9-21/h1,3-4,7-11,18H,2,5-6,12-17,19-20H2,(H,28,32). The van der Waals surface area contributed by atoms with E-state index in [4.69, 9.17) is 4.74 Å². The quantitative estimate of drug-likeness (QED) is 0.657. The molecule has 0 bridgehead atoms. The van der Waals surface area contributed by atoms with Gasteiger partial charge in [-0.1, -0.05) is 61.7 Å². The number of rotatable bonds is 6. The van der Waals surface area contributed by atoms with Gasteiger partial charge in [0.25, 0.3) is 0 Å². The van der Waals surface area contributed by atoms with Gasteiger partial charge in [-0.05, 0) is 36.1 Å². The van der Waals surface area contributed by atoms with Crippen LogP contribution in [0.4, 0.5) is 14.9 Å². The van der Waals surface area contributed by atoms with E-state index in [0.29, 0.717) is 44.6 Å². The number of benzene rings is 2. The number of amides is 2. The highest BCUT2D eigenvalue weighted by molar-refractivity contribution is 5.87. The van der Waals surface area contributed by atoms with Crippen molar-refractivity contribution >= 4 is 17.7 Å². The van der Waals surface area contributed by atoms with Crippen LogP contribution < -0.4 is 10.2 Å². The first-order chi connectivity index (χ1) is 16.1. The van der Waals surface area contributed by atoms with Crippen molar-refractivity contribution in [2.24, 2.45) is 0 Å². The number of hydrogen-bond donors (Lipinski definition) is 1. The first-order valence-corrected chi connectivity index (χ1v) is 11.8. The molecule has 1 saturated carbocycles. The fourth-order valence-electron chi connectivity index (χ4n) is 4.68. The number of alkyl halides is 1. The number of nitrogens with one attached hydrogen (secondary N) is 1. The van der Waals surface area contributed by atoms with Crippen molar-refractivity contribution in [2.75, 3.05) is 31.1 Å². The van der Waals surface area contributed by atoms with Crippen LogP contribution in [0.2, 0.25) is 0 Å². The van der Waals surface area contributed by atoms with Gasteiger partial charge in [0.1, 0.15) is 18.8 Å². The molecule has 2 fully saturated rings. The maximum absolute atomic E-state index is 13.1. The summed E-state index contributed by atoms with van der Waals surface area (Å²) < 4.78 is 18.6. The highest BCUT2D eigenvalue weighted by Crippen LogP contribution is 2.30. The summed E-state index contributed by atoms with van der Waals surface area (Å²) >= 11 is 0. The molecule has 1 heterocycles. The van der Waals surface area contributed by atoms with Gasteiger partial charge < -0.3 is 19.9 Å². The van der Waals surface area contributed by atoms with Crippen molar-refractivity contribution in [2.45, 2.75) is 50.9 Å². The summed E-state index contributed by atoms with van der Waals surface area (Å²) in [4.78, 5) is 30.2. The lowest BCUT2D eigenvalue weighted by Crippen LogP contribution is -2.61. The Morgan fingerprint density at radius 2 is 1.61 bits per heavy atom. The monoisotopic (exact) mass is 453 g/mol. The van der Waals surface area contributed by atoms with Crippen LogP contribution >= 0.6 is 0 Å². The molecule has 2 aromatic carbocycles. The Bertz CT molecular complexity index is 939. The molecule has 7 heteroatoms. The summed E-state index contributed by atoms with van der Waals surface area (Å²) in [5.74, 6) is -0.346. The Hall–Kier alpha value is -3.09. The number of piperazine rings is 1. The number of halogens is 1. The second-order valence-electron chi connectivity index (χ2n) is 8.91. The third-order valence-corrected chi connectivity index (χ3v) is 6.65. The normalized spacial score (nSPS) is 18.0. The Kier molecular flexibility index (Phi) is 7.47. The molecule has 0 atom stereocenters. The molecule has 2 aliphatic rings. The van der Waals surface area contributed by atoms with Crippen molar-refractivity contribution in [3.63, 3.8) is 0 Å². The molecular weight excluding hydrogens is 421 g/mol. The molecule has 176 valence electrons. The van der Waals surface area contributed by atoms with E-state index < -0.39 is 12.2 Å². The lowest BCUT2D eigenvalue weighted by Gasteiger charge is -2.40. The molecule has 0 spiro atoms. The lowest BCUT2D eigenvalue weighted by atomic mass is 9.81. The van der Waals surface area contributed by atoms with E-state index in [9.17, 15) is 14.0 Å². The topological polar surface area (TPSA) is 61.9 Å². The van der Waals surface area contributed by atoms with Crippen LogP contribution in [-0.4, -0.2) is 48.6 Å². The average molecular weight is 454 g/mol. The van der Waals surface area contributed by atoms with Gasteiger partial charge in [-0.15, -0.1) is 0 Å². The molecule has 1 aliphatic carbocycles. The fraction of sp³-hybridized carbons (Fsp3) is 0.462. The zero-order valence-electron chi connectivity index (χ0n) is 19.0. The molecule has 1 N–H and O–H groups in total. The summed E-state index contributed by atoms with van der Waals surface area (Å²) in [5, 5.41) is 3.06. The van der Waals surface area contributed by atoms with Gasteiger partial charge in [-0.2, -0.15) is 0 Å². The van der Waals surface area contributed by atoms with Gasteiger partial charge in [0.05, 0.1) is 0 Å². The van der Waals surface area contributed by atoms with Crippen LogP contribution in [0.1, 0.15) is 43.2 Å². The number of carbonyl (C=O) groups is 2. The van der Waals surface area contributed by atoms with Crippen molar-refractivity contribution in [1.82, 2.24) is 10.2 Å². The Morgan fingerprint density at radius 1 is 0.909 bits per heavy atom. The number of esters is 1. The van der Waals surface area contributed by atoms with E-state index in [0.717, 1.165) is 30.5 Å². The van der Waals surface area contributed by atoms with E-state index in [1.165, 1.54) is 0 Å². The van der Waals surface area contributed by atoms with E-state index in [1.54, 1.807) is 11.0 Å². The fourth-order valence-corrected chi connectivity index (χ4v) is 4.68. The lowest BCUT2D eigenvalue weighted by molar-refractivity contribution is -0.154. The molecule has 1 saturated heterocycles. The van der Waals surface area contributed by atoms with Crippen LogP contribution in [0.5, 0.6) is 0 Å². The summed E-state index contributed by atoms with van der Waals surface area (Å²) in [7, 11) is 0. The Morgan fingerprint density at radius 3 is 2.30 bits per heavy atom. The largest absolute Gasteiger partial charge is 0.459 e. The second-order valence-corrected chi connectivity index (χ2v) is 8.91. The second kappa shape index (κ2) is 10.7. The highest BCUT2D eigenvalue weighted by atomic mass is 19.1. The molecule has 0 radical (unpaired) electrons. The molecule has 1 aliphatic heterocycles. The minimum atomic E-state index is -0.962. The predicted octanol–water partition coefficient (Wildman–Crippen LogP) is 4.43. The SMILES string of the molecule is O=C(NC1(C(=O)OCc2ccccc2)CCCCC1)N1CCN(c2cccc(CF)c2)CC1. The number of anilines is 1. The summed E-state index contributed by atoms with van der Waals surface area (Å²) in [5.41, 5.74) is 1.59. The van der Waals surface area contributed by atoms with Gasteiger partial charge in [-0.3, -0.25) is 0 Å². The van der Waals surface area contributed by atoms with Crippen LogP contribution in [0.15, 0.2) is 54.6 Å². The van der Waals surface area contributed by atoms with Gasteiger partial charge in [0.2, 0.25) is 0 Å². The number of carbonyl (C=O) groups excluding carboxylic acids is 2. The zero-order valence-corrected chi connectivity index (χ0v) is 19.0. The molecule has 2 amide bonds. The van der Waals surface area contributed by atoms with Crippen molar-refractivity contribution in [3.8, 4) is 0 Å².